The minimum Gasteiger partial charge on any atom is -0.309 e. The highest BCUT2D eigenvalue weighted by Gasteiger charge is 2.20. The molecule has 0 aliphatic heterocycles. The van der Waals surface area contributed by atoms with Crippen molar-refractivity contribution in [1.82, 2.24) is 9.13 Å². The first-order valence-electron chi connectivity index (χ1n) is 17.2. The van der Waals surface area contributed by atoms with Gasteiger partial charge in [0, 0.05) is 38.4 Å². The van der Waals surface area contributed by atoms with Crippen LogP contribution in [0.25, 0.3) is 88.4 Å². The number of benzene rings is 8. The molecule has 0 amide bonds. The summed E-state index contributed by atoms with van der Waals surface area (Å²) in [5.74, 6) is 0. The lowest BCUT2D eigenvalue weighted by Gasteiger charge is -2.19. The van der Waals surface area contributed by atoms with Crippen molar-refractivity contribution in [2.45, 2.75) is 0 Å². The number of rotatable bonds is 5. The van der Waals surface area contributed by atoms with Crippen molar-refractivity contribution in [1.29, 1.82) is 0 Å². The first-order valence-corrected chi connectivity index (χ1v) is 17.2. The lowest BCUT2D eigenvalue weighted by molar-refractivity contribution is 1.18. The van der Waals surface area contributed by atoms with Crippen molar-refractivity contribution < 1.29 is 0 Å². The summed E-state index contributed by atoms with van der Waals surface area (Å²) < 4.78 is 4.84. The molecule has 0 atom stereocenters. The van der Waals surface area contributed by atoms with Crippen molar-refractivity contribution in [3.63, 3.8) is 0 Å². The van der Waals surface area contributed by atoms with E-state index >= 15 is 0 Å². The van der Waals surface area contributed by atoms with Gasteiger partial charge in [-0.05, 0) is 70.8 Å². The van der Waals surface area contributed by atoms with E-state index in [0.29, 0.717) is 0 Å². The number of aromatic nitrogens is 2. The summed E-state index contributed by atoms with van der Waals surface area (Å²) >= 11 is 0. The van der Waals surface area contributed by atoms with Gasteiger partial charge in [0.05, 0.1) is 27.8 Å². The third-order valence-electron chi connectivity index (χ3n) is 10.1. The van der Waals surface area contributed by atoms with E-state index in [9.17, 15) is 0 Å². The van der Waals surface area contributed by atoms with Gasteiger partial charge in [-0.3, -0.25) is 0 Å². The summed E-state index contributed by atoms with van der Waals surface area (Å²) in [6, 6.07) is 70.4. The topological polar surface area (TPSA) is 9.86 Å². The van der Waals surface area contributed by atoms with E-state index in [2.05, 4.69) is 203 Å². The van der Waals surface area contributed by atoms with Crippen LogP contribution in [0, 0.1) is 0 Å². The van der Waals surface area contributed by atoms with E-state index in [1.165, 1.54) is 88.4 Å². The maximum atomic E-state index is 2.47. The fourth-order valence-corrected chi connectivity index (χ4v) is 7.91. The Bertz CT molecular complexity index is 2800. The molecular formula is C48H32N2. The molecule has 0 N–H and O–H groups in total. The highest BCUT2D eigenvalue weighted by atomic mass is 15.0. The molecule has 0 bridgehead atoms. The first kappa shape index (κ1) is 28.4. The molecule has 10 aromatic rings. The van der Waals surface area contributed by atoms with Crippen LogP contribution in [0.1, 0.15) is 0 Å². The molecule has 0 fully saturated rings. The Morgan fingerprint density at radius 2 is 0.720 bits per heavy atom. The van der Waals surface area contributed by atoms with Gasteiger partial charge in [-0.1, -0.05) is 146 Å². The van der Waals surface area contributed by atoms with Gasteiger partial charge in [0.1, 0.15) is 0 Å². The van der Waals surface area contributed by atoms with E-state index in [1.807, 2.05) is 0 Å². The largest absolute Gasteiger partial charge is 0.309 e. The van der Waals surface area contributed by atoms with Crippen LogP contribution in [-0.4, -0.2) is 9.13 Å². The predicted octanol–water partition coefficient (Wildman–Crippen LogP) is 12.9. The van der Waals surface area contributed by atoms with Crippen molar-refractivity contribution in [3.05, 3.63) is 194 Å². The van der Waals surface area contributed by atoms with Crippen molar-refractivity contribution in [3.8, 4) is 44.8 Å². The molecular weight excluding hydrogens is 605 g/mol. The van der Waals surface area contributed by atoms with Gasteiger partial charge in [-0.2, -0.15) is 0 Å². The number of hydrogen-bond acceptors (Lipinski definition) is 0. The van der Waals surface area contributed by atoms with Gasteiger partial charge in [0.15, 0.2) is 0 Å². The average molecular weight is 637 g/mol. The number of nitrogens with zero attached hydrogens (tertiary/aromatic N) is 2. The van der Waals surface area contributed by atoms with Crippen LogP contribution in [0.4, 0.5) is 0 Å². The summed E-state index contributed by atoms with van der Waals surface area (Å²) in [6.45, 7) is 0. The van der Waals surface area contributed by atoms with Gasteiger partial charge < -0.3 is 9.13 Å². The molecule has 234 valence electrons. The second-order valence-electron chi connectivity index (χ2n) is 12.9. The quantitative estimate of drug-likeness (QED) is 0.178. The number of para-hydroxylation sites is 5. The molecule has 0 aliphatic rings. The minimum absolute atomic E-state index is 1.17. The van der Waals surface area contributed by atoms with Crippen LogP contribution in [0.2, 0.25) is 0 Å². The van der Waals surface area contributed by atoms with Gasteiger partial charge in [0.25, 0.3) is 0 Å². The van der Waals surface area contributed by atoms with Crippen LogP contribution < -0.4 is 0 Å². The maximum Gasteiger partial charge on any atom is 0.0618 e. The lowest BCUT2D eigenvalue weighted by atomic mass is 9.93. The molecule has 2 heterocycles. The van der Waals surface area contributed by atoms with Crippen LogP contribution in [0.3, 0.4) is 0 Å². The molecule has 0 radical (unpaired) electrons. The highest BCUT2D eigenvalue weighted by molar-refractivity contribution is 6.12. The third-order valence-corrected chi connectivity index (χ3v) is 10.1. The van der Waals surface area contributed by atoms with Crippen molar-refractivity contribution in [2.24, 2.45) is 0 Å². The van der Waals surface area contributed by atoms with Crippen LogP contribution in [0.5, 0.6) is 0 Å². The monoisotopic (exact) mass is 636 g/mol. The first-order chi connectivity index (χ1) is 24.8. The molecule has 2 nitrogen and oxygen atoms in total. The van der Waals surface area contributed by atoms with Gasteiger partial charge in [-0.25, -0.2) is 0 Å². The Balaban J connectivity index is 1.20. The molecule has 2 aromatic heterocycles. The fourth-order valence-electron chi connectivity index (χ4n) is 7.91. The predicted molar refractivity (Wildman–Crippen MR) is 211 cm³/mol. The molecule has 0 saturated heterocycles. The van der Waals surface area contributed by atoms with Gasteiger partial charge >= 0.3 is 0 Å². The Morgan fingerprint density at radius 3 is 1.40 bits per heavy atom. The standard InChI is InChI=1S/C48H32N2/c1-3-15-33(16-4-1)38-24-14-25-39(48(38)50-45-27-11-7-21-40(45)41-22-8-12-28-46(41)50)36-18-13-17-34(31-36)35-29-30-47-43(32-35)42-23-9-10-26-44(42)49(47)37-19-5-2-6-20-37/h1-32H. The van der Waals surface area contributed by atoms with Gasteiger partial charge in [-0.15, -0.1) is 0 Å². The average Bonchev–Trinajstić information content (AvgIpc) is 3.71. The van der Waals surface area contributed by atoms with Gasteiger partial charge in [0.2, 0.25) is 0 Å². The molecule has 50 heavy (non-hydrogen) atoms. The van der Waals surface area contributed by atoms with E-state index in [-0.39, 0.29) is 0 Å². The molecule has 10 rings (SSSR count). The van der Waals surface area contributed by atoms with E-state index in [1.54, 1.807) is 0 Å². The van der Waals surface area contributed by atoms with E-state index in [4.69, 9.17) is 0 Å². The summed E-state index contributed by atoms with van der Waals surface area (Å²) in [4.78, 5) is 0. The Kier molecular flexibility index (Phi) is 6.53. The third kappa shape index (κ3) is 4.43. The molecule has 2 heteroatoms. The lowest BCUT2D eigenvalue weighted by Crippen LogP contribution is -2.00. The maximum absolute atomic E-state index is 2.47. The van der Waals surface area contributed by atoms with Crippen molar-refractivity contribution >= 4 is 43.6 Å². The summed E-state index contributed by atoms with van der Waals surface area (Å²) in [7, 11) is 0. The molecule has 0 saturated carbocycles. The van der Waals surface area contributed by atoms with Crippen LogP contribution in [-0.2, 0) is 0 Å². The zero-order valence-corrected chi connectivity index (χ0v) is 27.4. The zero-order valence-electron chi connectivity index (χ0n) is 27.4. The number of hydrogen-bond donors (Lipinski definition) is 0. The van der Waals surface area contributed by atoms with Crippen LogP contribution in [0.15, 0.2) is 194 Å². The zero-order chi connectivity index (χ0) is 33.0. The Labute approximate surface area is 290 Å². The normalized spacial score (nSPS) is 11.6. The van der Waals surface area contributed by atoms with Crippen molar-refractivity contribution in [2.75, 3.05) is 0 Å². The molecule has 0 aliphatic carbocycles. The molecule has 0 unspecified atom stereocenters. The molecule has 8 aromatic carbocycles. The summed E-state index contributed by atoms with van der Waals surface area (Å²) in [5, 5.41) is 5.03. The second-order valence-corrected chi connectivity index (χ2v) is 12.9. The highest BCUT2D eigenvalue weighted by Crippen LogP contribution is 2.42. The Hall–Kier alpha value is -6.64. The Morgan fingerprint density at radius 1 is 0.260 bits per heavy atom. The summed E-state index contributed by atoms with van der Waals surface area (Å²) in [6.07, 6.45) is 0. The second kappa shape index (κ2) is 11.5. The molecule has 0 spiro atoms. The number of fused-ring (bicyclic) bond motifs is 6. The van der Waals surface area contributed by atoms with Crippen LogP contribution >= 0.6 is 0 Å². The smallest absolute Gasteiger partial charge is 0.0618 e. The van der Waals surface area contributed by atoms with E-state index < -0.39 is 0 Å². The fraction of sp³-hybridized carbons (Fsp3) is 0. The minimum atomic E-state index is 1.17. The summed E-state index contributed by atoms with van der Waals surface area (Å²) in [5.41, 5.74) is 14.4. The SMILES string of the molecule is c1ccc(-c2cccc(-c3cccc(-c4ccc5c(c4)c4ccccc4n5-c4ccccc4)c3)c2-n2c3ccccc3c3ccccc32)cc1. The van der Waals surface area contributed by atoms with E-state index in [0.717, 1.165) is 0 Å².